The van der Waals surface area contributed by atoms with E-state index < -0.39 is 5.82 Å². The maximum atomic E-state index is 14.5. The number of nitrogens with zero attached hydrogens (tertiary/aromatic N) is 5. The number of carbonyl (C=O) groups is 1. The number of anilines is 1. The first-order valence-electron chi connectivity index (χ1n) is 15.4. The zero-order chi connectivity index (χ0) is 30.1. The lowest BCUT2D eigenvalue weighted by Crippen LogP contribution is -2.53. The third-order valence-corrected chi connectivity index (χ3v) is 8.79. The largest absolute Gasteiger partial charge is 0.490 e. The van der Waals surface area contributed by atoms with Crippen molar-refractivity contribution in [2.45, 2.75) is 84.5 Å². The van der Waals surface area contributed by atoms with Gasteiger partial charge in [-0.1, -0.05) is 13.8 Å². The monoisotopic (exact) mass is 588 g/mol. The number of hydrogen-bond donors (Lipinski definition) is 1. The highest BCUT2D eigenvalue weighted by atomic mass is 19.1. The van der Waals surface area contributed by atoms with E-state index in [0.717, 1.165) is 75.3 Å². The second-order valence-electron chi connectivity index (χ2n) is 13.0. The Balaban J connectivity index is 1.17. The minimum absolute atomic E-state index is 0.0298. The van der Waals surface area contributed by atoms with Crippen LogP contribution in [0.4, 0.5) is 10.2 Å². The van der Waals surface area contributed by atoms with Crippen LogP contribution in [0.3, 0.4) is 0 Å². The minimum Gasteiger partial charge on any atom is -0.490 e. The van der Waals surface area contributed by atoms with Gasteiger partial charge in [-0.25, -0.2) is 14.4 Å². The highest BCUT2D eigenvalue weighted by molar-refractivity contribution is 5.97. The van der Waals surface area contributed by atoms with Crippen molar-refractivity contribution in [2.24, 2.45) is 5.41 Å². The lowest BCUT2D eigenvalue weighted by atomic mass is 9.67. The Morgan fingerprint density at radius 2 is 1.91 bits per heavy atom. The van der Waals surface area contributed by atoms with Crippen LogP contribution in [0.5, 0.6) is 17.2 Å². The van der Waals surface area contributed by atoms with E-state index in [9.17, 15) is 9.18 Å². The van der Waals surface area contributed by atoms with Gasteiger partial charge in [0.15, 0.2) is 11.6 Å². The Bertz CT molecular complexity index is 1460. The molecule has 1 saturated carbocycles. The summed E-state index contributed by atoms with van der Waals surface area (Å²) < 4.78 is 27.3. The Kier molecular flexibility index (Phi) is 8.22. The molecule has 4 heterocycles. The molecule has 2 aliphatic heterocycles. The number of hydrogen-bond acceptors (Lipinski definition) is 8. The van der Waals surface area contributed by atoms with E-state index >= 15 is 0 Å². The smallest absolute Gasteiger partial charge is 0.258 e. The summed E-state index contributed by atoms with van der Waals surface area (Å²) in [5.74, 6) is 1.57. The summed E-state index contributed by atoms with van der Waals surface area (Å²) >= 11 is 0. The normalized spacial score (nSPS) is 18.6. The number of ether oxygens (including phenoxy) is 2. The van der Waals surface area contributed by atoms with E-state index in [1.165, 1.54) is 24.5 Å². The van der Waals surface area contributed by atoms with E-state index in [4.69, 9.17) is 9.47 Å². The number of nitrogens with one attached hydrogen (secondary N) is 1. The quantitative estimate of drug-likeness (QED) is 0.367. The van der Waals surface area contributed by atoms with Crippen molar-refractivity contribution in [3.63, 3.8) is 0 Å². The van der Waals surface area contributed by atoms with Crippen LogP contribution in [-0.4, -0.2) is 63.6 Å². The maximum absolute atomic E-state index is 14.5. The summed E-state index contributed by atoms with van der Waals surface area (Å²) in [4.78, 5) is 31.2. The highest BCUT2D eigenvalue weighted by Crippen LogP contribution is 2.44. The van der Waals surface area contributed by atoms with Crippen molar-refractivity contribution in [2.75, 3.05) is 24.5 Å². The van der Waals surface area contributed by atoms with Crippen LogP contribution in [0.25, 0.3) is 0 Å². The molecule has 1 aromatic carbocycles. The van der Waals surface area contributed by atoms with Crippen molar-refractivity contribution >= 4 is 11.7 Å². The van der Waals surface area contributed by atoms with E-state index in [1.54, 1.807) is 6.20 Å². The van der Waals surface area contributed by atoms with Crippen LogP contribution in [0.15, 0.2) is 43.0 Å². The average Bonchev–Trinajstić information content (AvgIpc) is 2.98. The van der Waals surface area contributed by atoms with Crippen molar-refractivity contribution in [3.8, 4) is 17.2 Å². The Morgan fingerprint density at radius 1 is 1.12 bits per heavy atom. The predicted octanol–water partition coefficient (Wildman–Crippen LogP) is 5.54. The standard InChI is InChI=1S/C33H41FN6O3/c1-21(2)40(23-16-33(3,4)17-23)32(41)25-15-22(34)5-6-28(25)43-30-19-36-20-38-31(30)39-13-9-24(10-14-39)42-29-8-12-37-27-7-11-35-18-26(27)29/h5-6,8,12,15,19-21,23-24,35H,7,9-11,13-14,16-18H2,1-4H3. The first-order chi connectivity index (χ1) is 20.7. The molecule has 228 valence electrons. The van der Waals surface area contributed by atoms with Gasteiger partial charge in [0.25, 0.3) is 5.91 Å². The van der Waals surface area contributed by atoms with Gasteiger partial charge in [0.05, 0.1) is 11.8 Å². The molecule has 6 rings (SSSR count). The maximum Gasteiger partial charge on any atom is 0.258 e. The van der Waals surface area contributed by atoms with E-state index in [-0.39, 0.29) is 35.1 Å². The number of piperidine rings is 1. The van der Waals surface area contributed by atoms with Crippen LogP contribution >= 0.6 is 0 Å². The summed E-state index contributed by atoms with van der Waals surface area (Å²) in [6, 6.07) is 6.16. The summed E-state index contributed by atoms with van der Waals surface area (Å²) in [6.45, 7) is 11.6. The zero-order valence-electron chi connectivity index (χ0n) is 25.5. The third kappa shape index (κ3) is 6.30. The number of fused-ring (bicyclic) bond motifs is 1. The molecule has 3 aliphatic rings. The average molecular weight is 589 g/mol. The summed E-state index contributed by atoms with van der Waals surface area (Å²) in [6.07, 6.45) is 9.39. The lowest BCUT2D eigenvalue weighted by molar-refractivity contribution is 0.0101. The molecule has 2 fully saturated rings. The van der Waals surface area contributed by atoms with E-state index in [0.29, 0.717) is 17.3 Å². The van der Waals surface area contributed by atoms with Gasteiger partial charge >= 0.3 is 0 Å². The molecule has 3 aromatic rings. The molecule has 0 bridgehead atoms. The second-order valence-corrected chi connectivity index (χ2v) is 13.0. The van der Waals surface area contributed by atoms with Gasteiger partial charge in [0.1, 0.15) is 29.7 Å². The molecule has 0 atom stereocenters. The van der Waals surface area contributed by atoms with Crippen molar-refractivity contribution in [1.29, 1.82) is 0 Å². The Hall–Kier alpha value is -3.79. The molecular formula is C33H41FN6O3. The number of aromatic nitrogens is 3. The fourth-order valence-corrected chi connectivity index (χ4v) is 6.69. The van der Waals surface area contributed by atoms with Gasteiger partial charge in [-0.05, 0) is 56.4 Å². The van der Waals surface area contributed by atoms with Crippen LogP contribution in [-0.2, 0) is 13.0 Å². The molecule has 1 N–H and O–H groups in total. The summed E-state index contributed by atoms with van der Waals surface area (Å²) in [5.41, 5.74) is 2.67. The molecule has 0 spiro atoms. The Morgan fingerprint density at radius 3 is 2.65 bits per heavy atom. The number of benzene rings is 1. The van der Waals surface area contributed by atoms with Crippen LogP contribution in [0.1, 0.15) is 75.0 Å². The van der Waals surface area contributed by atoms with E-state index in [1.807, 2.05) is 31.0 Å². The molecular weight excluding hydrogens is 547 g/mol. The van der Waals surface area contributed by atoms with Gasteiger partial charge in [0.2, 0.25) is 0 Å². The number of rotatable bonds is 8. The van der Waals surface area contributed by atoms with Gasteiger partial charge in [0, 0.05) is 75.0 Å². The van der Waals surface area contributed by atoms with Gasteiger partial charge in [-0.3, -0.25) is 9.78 Å². The zero-order valence-corrected chi connectivity index (χ0v) is 25.5. The third-order valence-electron chi connectivity index (χ3n) is 8.79. The fraction of sp³-hybridized carbons (Fsp3) is 0.515. The topological polar surface area (TPSA) is 92.7 Å². The first kappa shape index (κ1) is 29.3. The van der Waals surface area contributed by atoms with Crippen LogP contribution < -0.4 is 19.7 Å². The number of amides is 1. The van der Waals surface area contributed by atoms with Crippen molar-refractivity contribution in [3.05, 3.63) is 65.6 Å². The molecule has 1 saturated heterocycles. The number of carbonyl (C=O) groups excluding carboxylic acids is 1. The SMILES string of the molecule is CC(C)N(C(=O)c1cc(F)ccc1Oc1cncnc1N1CCC(Oc2ccnc3c2CNCC3)CC1)C1CC(C)(C)C1. The van der Waals surface area contributed by atoms with Gasteiger partial charge < -0.3 is 24.6 Å². The first-order valence-corrected chi connectivity index (χ1v) is 15.4. The second kappa shape index (κ2) is 12.1. The summed E-state index contributed by atoms with van der Waals surface area (Å²) in [5, 5.41) is 3.41. The molecule has 43 heavy (non-hydrogen) atoms. The highest BCUT2D eigenvalue weighted by Gasteiger charge is 2.43. The van der Waals surface area contributed by atoms with E-state index in [2.05, 4.69) is 39.0 Å². The molecule has 1 amide bonds. The Labute approximate surface area is 252 Å². The summed E-state index contributed by atoms with van der Waals surface area (Å²) in [7, 11) is 0. The molecule has 2 aromatic heterocycles. The minimum atomic E-state index is -0.480. The van der Waals surface area contributed by atoms with Crippen molar-refractivity contribution < 1.29 is 18.7 Å². The van der Waals surface area contributed by atoms with Gasteiger partial charge in [-0.2, -0.15) is 0 Å². The molecule has 10 heteroatoms. The van der Waals surface area contributed by atoms with Crippen molar-refractivity contribution in [1.82, 2.24) is 25.2 Å². The predicted molar refractivity (Wildman–Crippen MR) is 162 cm³/mol. The lowest BCUT2D eigenvalue weighted by Gasteiger charge is -2.49. The molecule has 9 nitrogen and oxygen atoms in total. The van der Waals surface area contributed by atoms with Crippen LogP contribution in [0.2, 0.25) is 0 Å². The molecule has 1 aliphatic carbocycles. The van der Waals surface area contributed by atoms with Crippen LogP contribution in [0, 0.1) is 11.2 Å². The number of pyridine rings is 1. The number of halogens is 1. The fourth-order valence-electron chi connectivity index (χ4n) is 6.69. The molecule has 0 unspecified atom stereocenters. The van der Waals surface area contributed by atoms with Gasteiger partial charge in [-0.15, -0.1) is 0 Å². The molecule has 0 radical (unpaired) electrons.